The first-order valence-electron chi connectivity index (χ1n) is 4.09. The summed E-state index contributed by atoms with van der Waals surface area (Å²) in [5, 5.41) is 5.95. The van der Waals surface area contributed by atoms with Gasteiger partial charge in [-0.2, -0.15) is 0 Å². The standard InChI is InChI=1S/C8H11N5/c1-6-3-4-7(9-5-6)8-10-12-13(2)11-8/h3-5,12H,1-2H3,(H,10,11)/p+1. The highest BCUT2D eigenvalue weighted by Crippen LogP contribution is 1.99. The topological polar surface area (TPSA) is 57.1 Å². The number of rotatable bonds is 1. The second kappa shape index (κ2) is 3.12. The van der Waals surface area contributed by atoms with Gasteiger partial charge in [0.1, 0.15) is 5.69 Å². The molecule has 5 nitrogen and oxygen atoms in total. The minimum atomic E-state index is 0.794. The summed E-state index contributed by atoms with van der Waals surface area (Å²) in [5.41, 5.74) is 6.79. The lowest BCUT2D eigenvalue weighted by atomic mass is 10.2. The lowest BCUT2D eigenvalue weighted by Gasteiger charge is -2.02. The third-order valence-corrected chi connectivity index (χ3v) is 1.80. The second-order valence-electron chi connectivity index (χ2n) is 3.04. The van der Waals surface area contributed by atoms with E-state index >= 15 is 0 Å². The smallest absolute Gasteiger partial charge is 0.228 e. The normalized spacial score (nSPS) is 16.9. The maximum atomic E-state index is 4.25. The molecule has 0 atom stereocenters. The van der Waals surface area contributed by atoms with Crippen LogP contribution < -0.4 is 11.0 Å². The van der Waals surface area contributed by atoms with Gasteiger partial charge < -0.3 is 0 Å². The molecule has 13 heavy (non-hydrogen) atoms. The summed E-state index contributed by atoms with van der Waals surface area (Å²) in [6.07, 6.45) is 1.83. The average Bonchev–Trinajstić information content (AvgIpc) is 2.53. The molecular weight excluding hydrogens is 166 g/mol. The number of aryl methyl sites for hydroxylation is 1. The summed E-state index contributed by atoms with van der Waals surface area (Å²) in [7, 11) is 1.89. The quantitative estimate of drug-likeness (QED) is 0.541. The lowest BCUT2D eigenvalue weighted by Crippen LogP contribution is -2.86. The van der Waals surface area contributed by atoms with Crippen LogP contribution in [0.2, 0.25) is 0 Å². The molecule has 1 aliphatic heterocycles. The van der Waals surface area contributed by atoms with Crippen molar-refractivity contribution in [1.29, 1.82) is 0 Å². The van der Waals surface area contributed by atoms with Crippen LogP contribution in [0.15, 0.2) is 23.4 Å². The van der Waals surface area contributed by atoms with Crippen molar-refractivity contribution in [2.75, 3.05) is 7.05 Å². The Morgan fingerprint density at radius 1 is 1.46 bits per heavy atom. The highest BCUT2D eigenvalue weighted by atomic mass is 15.9. The molecule has 1 aromatic rings. The Morgan fingerprint density at radius 3 is 2.85 bits per heavy atom. The number of hydrogen-bond acceptors (Lipinski definition) is 4. The van der Waals surface area contributed by atoms with Crippen LogP contribution in [0.1, 0.15) is 11.3 Å². The molecule has 1 aromatic heterocycles. The number of hydrazine groups is 1. The first-order chi connectivity index (χ1) is 6.25. The zero-order valence-corrected chi connectivity index (χ0v) is 7.65. The molecule has 0 aromatic carbocycles. The van der Waals surface area contributed by atoms with E-state index in [1.807, 2.05) is 32.3 Å². The van der Waals surface area contributed by atoms with E-state index in [-0.39, 0.29) is 0 Å². The molecule has 0 aliphatic carbocycles. The lowest BCUT2D eigenvalue weighted by molar-refractivity contribution is -0.803. The van der Waals surface area contributed by atoms with Crippen LogP contribution in [0.4, 0.5) is 0 Å². The van der Waals surface area contributed by atoms with Crippen molar-refractivity contribution in [3.63, 3.8) is 0 Å². The molecule has 68 valence electrons. The molecule has 3 N–H and O–H groups in total. The summed E-state index contributed by atoms with van der Waals surface area (Å²) in [4.78, 5) is 4.25. The fourth-order valence-corrected chi connectivity index (χ4v) is 1.10. The Kier molecular flexibility index (Phi) is 1.96. The van der Waals surface area contributed by atoms with Crippen molar-refractivity contribution in [2.45, 2.75) is 6.92 Å². The van der Waals surface area contributed by atoms with Crippen molar-refractivity contribution < 1.29 is 5.53 Å². The van der Waals surface area contributed by atoms with Gasteiger partial charge in [-0.25, -0.2) is 0 Å². The third kappa shape index (κ3) is 1.66. The van der Waals surface area contributed by atoms with Crippen LogP contribution >= 0.6 is 0 Å². The molecule has 0 radical (unpaired) electrons. The molecule has 0 saturated heterocycles. The Morgan fingerprint density at radius 2 is 2.31 bits per heavy atom. The van der Waals surface area contributed by atoms with Crippen LogP contribution in [0.25, 0.3) is 0 Å². The van der Waals surface area contributed by atoms with Crippen molar-refractivity contribution >= 4 is 5.84 Å². The minimum Gasteiger partial charge on any atom is -0.252 e. The van der Waals surface area contributed by atoms with Gasteiger partial charge in [-0.1, -0.05) is 6.07 Å². The van der Waals surface area contributed by atoms with E-state index in [1.54, 1.807) is 10.7 Å². The Balaban J connectivity index is 2.22. The highest BCUT2D eigenvalue weighted by Gasteiger charge is 2.16. The zero-order valence-electron chi connectivity index (χ0n) is 7.65. The van der Waals surface area contributed by atoms with Crippen molar-refractivity contribution in [3.05, 3.63) is 29.6 Å². The number of aromatic nitrogens is 1. The zero-order chi connectivity index (χ0) is 9.26. The SMILES string of the molecule is Cc1ccc(C2=N[NH2+]N(C)N2)nc1. The van der Waals surface area contributed by atoms with E-state index < -0.39 is 0 Å². The van der Waals surface area contributed by atoms with Gasteiger partial charge >= 0.3 is 0 Å². The predicted molar refractivity (Wildman–Crippen MR) is 48.3 cm³/mol. The number of pyridine rings is 1. The molecular formula is C8H12N5+. The summed E-state index contributed by atoms with van der Waals surface area (Å²) < 4.78 is 0. The van der Waals surface area contributed by atoms with Gasteiger partial charge in [0.05, 0.1) is 7.05 Å². The molecule has 5 heteroatoms. The van der Waals surface area contributed by atoms with Crippen LogP contribution in [0.3, 0.4) is 0 Å². The van der Waals surface area contributed by atoms with Crippen LogP contribution in [-0.2, 0) is 0 Å². The van der Waals surface area contributed by atoms with Crippen molar-refractivity contribution in [2.24, 2.45) is 5.10 Å². The van der Waals surface area contributed by atoms with Crippen LogP contribution in [0.5, 0.6) is 0 Å². The van der Waals surface area contributed by atoms with E-state index in [0.717, 1.165) is 17.1 Å². The van der Waals surface area contributed by atoms with E-state index in [0.29, 0.717) is 0 Å². The first kappa shape index (κ1) is 8.15. The van der Waals surface area contributed by atoms with Crippen molar-refractivity contribution in [3.8, 4) is 0 Å². The molecule has 2 rings (SSSR count). The van der Waals surface area contributed by atoms with E-state index in [4.69, 9.17) is 0 Å². The molecule has 1 aliphatic rings. The van der Waals surface area contributed by atoms with Gasteiger partial charge in [0.25, 0.3) is 0 Å². The van der Waals surface area contributed by atoms with Crippen LogP contribution in [0, 0.1) is 6.92 Å². The maximum absolute atomic E-state index is 4.25. The molecule has 2 heterocycles. The monoisotopic (exact) mass is 178 g/mol. The molecule has 0 bridgehead atoms. The second-order valence-corrected chi connectivity index (χ2v) is 3.04. The number of hydrogen-bond donors (Lipinski definition) is 2. The number of nitrogens with one attached hydrogen (secondary N) is 1. The third-order valence-electron chi connectivity index (χ3n) is 1.80. The van der Waals surface area contributed by atoms with Gasteiger partial charge in [0.15, 0.2) is 0 Å². The molecule has 0 fully saturated rings. The molecule has 0 amide bonds. The number of nitrogens with zero attached hydrogens (tertiary/aromatic N) is 3. The average molecular weight is 178 g/mol. The summed E-state index contributed by atoms with van der Waals surface area (Å²) in [6.45, 7) is 2.01. The minimum absolute atomic E-state index is 0.794. The van der Waals surface area contributed by atoms with Gasteiger partial charge in [0.2, 0.25) is 5.84 Å². The molecule has 0 unspecified atom stereocenters. The van der Waals surface area contributed by atoms with E-state index in [1.165, 1.54) is 0 Å². The van der Waals surface area contributed by atoms with Gasteiger partial charge in [-0.3, -0.25) is 10.4 Å². The summed E-state index contributed by atoms with van der Waals surface area (Å²) in [6, 6.07) is 3.97. The molecule has 0 saturated carbocycles. The van der Waals surface area contributed by atoms with Gasteiger partial charge in [0, 0.05) is 6.20 Å². The number of nitrogens with two attached hydrogens (primary N) is 1. The Labute approximate surface area is 76.4 Å². The fraction of sp³-hybridized carbons (Fsp3) is 0.250. The number of quaternary nitrogens is 1. The van der Waals surface area contributed by atoms with E-state index in [2.05, 4.69) is 15.5 Å². The largest absolute Gasteiger partial charge is 0.252 e. The fourth-order valence-electron chi connectivity index (χ4n) is 1.10. The molecule has 0 spiro atoms. The Hall–Kier alpha value is -1.46. The van der Waals surface area contributed by atoms with Crippen LogP contribution in [-0.4, -0.2) is 23.0 Å². The Bertz CT molecular complexity index is 329. The van der Waals surface area contributed by atoms with Gasteiger partial charge in [-0.05, 0) is 28.8 Å². The summed E-state index contributed by atoms with van der Waals surface area (Å²) >= 11 is 0. The van der Waals surface area contributed by atoms with Gasteiger partial charge in [-0.15, -0.1) is 5.53 Å². The van der Waals surface area contributed by atoms with Crippen molar-refractivity contribution in [1.82, 2.24) is 15.5 Å². The number of amidine groups is 1. The first-order valence-corrected chi connectivity index (χ1v) is 4.09. The van der Waals surface area contributed by atoms with E-state index in [9.17, 15) is 0 Å². The summed E-state index contributed by atoms with van der Waals surface area (Å²) in [5.74, 6) is 0.794. The highest BCUT2D eigenvalue weighted by molar-refractivity contribution is 5.96. The predicted octanol–water partition coefficient (Wildman–Crippen LogP) is -1.02. The maximum Gasteiger partial charge on any atom is 0.228 e.